The molecule has 21 heavy (non-hydrogen) atoms. The maximum Gasteiger partial charge on any atom is 0.126 e. The molecule has 0 radical (unpaired) electrons. The minimum absolute atomic E-state index is 0.205. The Bertz CT molecular complexity index is 813. The molecule has 0 nitrogen and oxygen atoms in total. The highest BCUT2D eigenvalue weighted by atomic mass is 79.9. The Balaban J connectivity index is 2.15. The van der Waals surface area contributed by atoms with Gasteiger partial charge in [-0.1, -0.05) is 58.4 Å². The molecule has 0 heterocycles. The van der Waals surface area contributed by atoms with E-state index in [1.165, 1.54) is 6.07 Å². The van der Waals surface area contributed by atoms with Gasteiger partial charge in [0.1, 0.15) is 5.82 Å². The van der Waals surface area contributed by atoms with Crippen molar-refractivity contribution in [2.45, 2.75) is 12.3 Å². The van der Waals surface area contributed by atoms with E-state index in [-0.39, 0.29) is 11.2 Å². The fraction of sp³-hybridized carbons (Fsp3) is 0.111. The second kappa shape index (κ2) is 5.78. The highest BCUT2D eigenvalue weighted by Gasteiger charge is 2.15. The van der Waals surface area contributed by atoms with E-state index in [1.807, 2.05) is 30.3 Å². The second-order valence-electron chi connectivity index (χ2n) is 5.05. The van der Waals surface area contributed by atoms with Crippen molar-refractivity contribution < 1.29 is 4.39 Å². The minimum Gasteiger partial charge on any atom is -0.207 e. The molecule has 1 unspecified atom stereocenters. The van der Waals surface area contributed by atoms with Gasteiger partial charge in [-0.05, 0) is 46.5 Å². The fourth-order valence-corrected chi connectivity index (χ4v) is 3.32. The Hall–Kier alpha value is -1.38. The average molecular weight is 364 g/mol. The monoisotopic (exact) mass is 362 g/mol. The fourth-order valence-electron chi connectivity index (χ4n) is 2.51. The minimum atomic E-state index is -0.303. The summed E-state index contributed by atoms with van der Waals surface area (Å²) in [5.41, 5.74) is 2.55. The largest absolute Gasteiger partial charge is 0.207 e. The Labute approximate surface area is 136 Å². The zero-order chi connectivity index (χ0) is 15.0. The Kier molecular flexibility index (Phi) is 4.01. The predicted molar refractivity (Wildman–Crippen MR) is 90.5 cm³/mol. The van der Waals surface area contributed by atoms with Crippen LogP contribution in [0.2, 0.25) is 0 Å². The molecule has 3 rings (SSSR count). The highest BCUT2D eigenvalue weighted by molar-refractivity contribution is 9.10. The van der Waals surface area contributed by atoms with E-state index in [4.69, 9.17) is 11.6 Å². The number of hydrogen-bond donors (Lipinski definition) is 0. The summed E-state index contributed by atoms with van der Waals surface area (Å²) < 4.78 is 14.5. The van der Waals surface area contributed by atoms with Crippen molar-refractivity contribution in [3.63, 3.8) is 0 Å². The van der Waals surface area contributed by atoms with Gasteiger partial charge in [-0.3, -0.25) is 0 Å². The van der Waals surface area contributed by atoms with Gasteiger partial charge < -0.3 is 0 Å². The molecule has 0 aliphatic carbocycles. The van der Waals surface area contributed by atoms with E-state index in [0.29, 0.717) is 5.56 Å². The molecule has 3 heteroatoms. The highest BCUT2D eigenvalue weighted by Crippen LogP contribution is 2.36. The summed E-state index contributed by atoms with van der Waals surface area (Å²) in [5.74, 6) is -0.205. The maximum atomic E-state index is 13.4. The smallest absolute Gasteiger partial charge is 0.126 e. The number of halogens is 3. The van der Waals surface area contributed by atoms with Gasteiger partial charge in [0, 0.05) is 4.47 Å². The molecule has 3 aromatic carbocycles. The molecule has 0 amide bonds. The first-order chi connectivity index (χ1) is 10.1. The zero-order valence-corrected chi connectivity index (χ0v) is 13.7. The first-order valence-corrected chi connectivity index (χ1v) is 7.88. The normalized spacial score (nSPS) is 12.6. The number of rotatable bonds is 2. The molecule has 0 aliphatic heterocycles. The van der Waals surface area contributed by atoms with Crippen molar-refractivity contribution in [3.8, 4) is 0 Å². The molecule has 3 aromatic rings. The molecule has 0 aliphatic rings. The number of benzene rings is 3. The summed E-state index contributed by atoms with van der Waals surface area (Å²) in [6.45, 7) is 1.75. The van der Waals surface area contributed by atoms with E-state index < -0.39 is 0 Å². The van der Waals surface area contributed by atoms with E-state index in [0.717, 1.165) is 26.4 Å². The second-order valence-corrected chi connectivity index (χ2v) is 6.34. The lowest BCUT2D eigenvalue weighted by Gasteiger charge is -2.15. The van der Waals surface area contributed by atoms with Crippen LogP contribution >= 0.6 is 27.5 Å². The lowest BCUT2D eigenvalue weighted by molar-refractivity contribution is 0.617. The molecular weight excluding hydrogens is 351 g/mol. The Morgan fingerprint density at radius 3 is 2.43 bits per heavy atom. The molecular formula is C18H13BrClF. The van der Waals surface area contributed by atoms with Crippen molar-refractivity contribution in [2.75, 3.05) is 0 Å². The van der Waals surface area contributed by atoms with Crippen LogP contribution in [0, 0.1) is 12.7 Å². The van der Waals surface area contributed by atoms with Gasteiger partial charge in [-0.25, -0.2) is 4.39 Å². The molecule has 0 saturated heterocycles. The van der Waals surface area contributed by atoms with Gasteiger partial charge in [0.05, 0.1) is 5.38 Å². The van der Waals surface area contributed by atoms with Gasteiger partial charge in [0.25, 0.3) is 0 Å². The van der Waals surface area contributed by atoms with Crippen molar-refractivity contribution in [1.29, 1.82) is 0 Å². The predicted octanol–water partition coefficient (Wildman–Crippen LogP) is 6.38. The SMILES string of the molecule is Cc1cc(C(Cl)c2ccc(Br)c3ccccc23)ccc1F. The number of hydrogen-bond acceptors (Lipinski definition) is 0. The van der Waals surface area contributed by atoms with E-state index in [1.54, 1.807) is 13.0 Å². The summed E-state index contributed by atoms with van der Waals surface area (Å²) in [6, 6.07) is 17.2. The van der Waals surface area contributed by atoms with Crippen molar-refractivity contribution in [3.05, 3.63) is 81.6 Å². The van der Waals surface area contributed by atoms with Crippen LogP contribution < -0.4 is 0 Å². The average Bonchev–Trinajstić information content (AvgIpc) is 2.50. The van der Waals surface area contributed by atoms with Crippen LogP contribution in [0.25, 0.3) is 10.8 Å². The summed E-state index contributed by atoms with van der Waals surface area (Å²) in [6.07, 6.45) is 0. The zero-order valence-electron chi connectivity index (χ0n) is 11.4. The van der Waals surface area contributed by atoms with Crippen molar-refractivity contribution in [2.24, 2.45) is 0 Å². The standard InChI is InChI=1S/C18H13BrClF/c1-11-10-12(6-9-17(11)21)18(20)15-7-8-16(19)14-5-3-2-4-13(14)15/h2-10,18H,1H3. The number of aryl methyl sites for hydroxylation is 1. The molecule has 0 bridgehead atoms. The van der Waals surface area contributed by atoms with Crippen LogP contribution in [-0.2, 0) is 0 Å². The molecule has 0 saturated carbocycles. The molecule has 0 aromatic heterocycles. The molecule has 106 valence electrons. The Morgan fingerprint density at radius 1 is 1.00 bits per heavy atom. The van der Waals surface area contributed by atoms with Crippen molar-refractivity contribution in [1.82, 2.24) is 0 Å². The van der Waals surface area contributed by atoms with Gasteiger partial charge >= 0.3 is 0 Å². The molecule has 0 N–H and O–H groups in total. The third-order valence-electron chi connectivity index (χ3n) is 3.65. The van der Waals surface area contributed by atoms with Gasteiger partial charge in [-0.2, -0.15) is 0 Å². The van der Waals surface area contributed by atoms with E-state index in [9.17, 15) is 4.39 Å². The summed E-state index contributed by atoms with van der Waals surface area (Å²) in [5, 5.41) is 1.93. The third-order valence-corrected chi connectivity index (χ3v) is 4.83. The van der Waals surface area contributed by atoms with E-state index in [2.05, 4.69) is 28.1 Å². The molecule has 0 spiro atoms. The lowest BCUT2D eigenvalue weighted by atomic mass is 9.97. The van der Waals surface area contributed by atoms with Crippen molar-refractivity contribution >= 4 is 38.3 Å². The quantitative estimate of drug-likeness (QED) is 0.463. The van der Waals surface area contributed by atoms with E-state index >= 15 is 0 Å². The van der Waals surface area contributed by atoms with Gasteiger partial charge in [0.2, 0.25) is 0 Å². The summed E-state index contributed by atoms with van der Waals surface area (Å²) in [4.78, 5) is 0. The van der Waals surface area contributed by atoms with Crippen LogP contribution in [0.3, 0.4) is 0 Å². The van der Waals surface area contributed by atoms with Crippen LogP contribution in [0.15, 0.2) is 59.1 Å². The first kappa shape index (κ1) is 14.6. The third kappa shape index (κ3) is 2.70. The number of fused-ring (bicyclic) bond motifs is 1. The number of alkyl halides is 1. The lowest BCUT2D eigenvalue weighted by Crippen LogP contribution is -1.96. The van der Waals surface area contributed by atoms with Crippen LogP contribution in [-0.4, -0.2) is 0 Å². The van der Waals surface area contributed by atoms with Gasteiger partial charge in [-0.15, -0.1) is 11.6 Å². The molecule has 0 fully saturated rings. The van der Waals surface area contributed by atoms with Crippen LogP contribution in [0.4, 0.5) is 4.39 Å². The first-order valence-electron chi connectivity index (χ1n) is 6.65. The maximum absolute atomic E-state index is 13.4. The summed E-state index contributed by atoms with van der Waals surface area (Å²) in [7, 11) is 0. The topological polar surface area (TPSA) is 0 Å². The summed E-state index contributed by atoms with van der Waals surface area (Å²) >= 11 is 10.2. The van der Waals surface area contributed by atoms with Crippen LogP contribution in [0.1, 0.15) is 22.1 Å². The Morgan fingerprint density at radius 2 is 1.71 bits per heavy atom. The van der Waals surface area contributed by atoms with Gasteiger partial charge in [0.15, 0.2) is 0 Å². The molecule has 1 atom stereocenters. The van der Waals surface area contributed by atoms with Crippen LogP contribution in [0.5, 0.6) is 0 Å².